The molecule has 2 aromatic carbocycles. The minimum atomic E-state index is -0.847. The van der Waals surface area contributed by atoms with Gasteiger partial charge in [-0.3, -0.25) is 4.79 Å². The van der Waals surface area contributed by atoms with Crippen LogP contribution >= 0.6 is 0 Å². The van der Waals surface area contributed by atoms with Gasteiger partial charge in [0.15, 0.2) is 11.5 Å². The predicted octanol–water partition coefficient (Wildman–Crippen LogP) is 4.98. The molecule has 0 saturated carbocycles. The number of carbonyl (C=O) groups excluding carboxylic acids is 2. The Labute approximate surface area is 212 Å². The summed E-state index contributed by atoms with van der Waals surface area (Å²) in [7, 11) is 4.48. The maximum Gasteiger partial charge on any atom is 0.331 e. The highest BCUT2D eigenvalue weighted by molar-refractivity contribution is 5.91. The average molecular weight is 490 g/mol. The highest BCUT2D eigenvalue weighted by atomic mass is 16.5. The van der Waals surface area contributed by atoms with Crippen molar-refractivity contribution in [3.63, 3.8) is 0 Å². The lowest BCUT2D eigenvalue weighted by Crippen LogP contribution is -2.29. The molecule has 2 aromatic rings. The molecular formula is C29H31NO6. The molecule has 0 fully saturated rings. The van der Waals surface area contributed by atoms with E-state index in [4.69, 9.17) is 18.9 Å². The number of hydrogen-bond donors (Lipinski definition) is 1. The molecule has 188 valence electrons. The number of methoxy groups -OCH3 is 3. The lowest BCUT2D eigenvalue weighted by Gasteiger charge is -2.21. The normalized spacial score (nSPS) is 12.1. The van der Waals surface area contributed by atoms with E-state index in [-0.39, 0.29) is 12.5 Å². The number of amides is 1. The minimum absolute atomic E-state index is 0.00694. The van der Waals surface area contributed by atoms with Crippen molar-refractivity contribution in [3.8, 4) is 17.2 Å². The topological polar surface area (TPSA) is 83.1 Å². The summed E-state index contributed by atoms with van der Waals surface area (Å²) < 4.78 is 21.9. The van der Waals surface area contributed by atoms with Gasteiger partial charge in [0, 0.05) is 17.7 Å². The zero-order chi connectivity index (χ0) is 26.3. The van der Waals surface area contributed by atoms with Crippen LogP contribution in [0.3, 0.4) is 0 Å². The van der Waals surface area contributed by atoms with E-state index in [0.717, 1.165) is 5.56 Å². The Morgan fingerprint density at radius 3 is 2.17 bits per heavy atom. The standard InChI is InChI=1S/C29H31NO6/c1-6-11-21(7-2)15-17-28(32)36-26(20-30-27(31)16-14-22-12-9-8-10-13-22)23-18-24(33-3)29(35-5)25(19-23)34-4/h6-19,26H,1-2,20H2,3-5H3,(H,30,31)/b16-14+,17-15+,21-11+. The van der Waals surface area contributed by atoms with Gasteiger partial charge in [0.25, 0.3) is 0 Å². The number of esters is 1. The molecule has 2 rings (SSSR count). The number of carbonyl (C=O) groups is 2. The fourth-order valence-corrected chi connectivity index (χ4v) is 3.17. The van der Waals surface area contributed by atoms with E-state index in [1.807, 2.05) is 30.3 Å². The summed E-state index contributed by atoms with van der Waals surface area (Å²) in [6, 6.07) is 12.8. The second-order valence-electron chi connectivity index (χ2n) is 7.31. The van der Waals surface area contributed by atoms with Gasteiger partial charge in [0.2, 0.25) is 11.7 Å². The van der Waals surface area contributed by atoms with E-state index < -0.39 is 12.1 Å². The molecular weight excluding hydrogens is 458 g/mol. The van der Waals surface area contributed by atoms with Crippen LogP contribution in [0.4, 0.5) is 0 Å². The maximum atomic E-state index is 12.6. The van der Waals surface area contributed by atoms with Gasteiger partial charge in [-0.25, -0.2) is 4.79 Å². The molecule has 0 bridgehead atoms. The number of ether oxygens (including phenoxy) is 4. The molecule has 0 radical (unpaired) electrons. The Kier molecular flexibility index (Phi) is 11.3. The Balaban J connectivity index is 2.29. The monoisotopic (exact) mass is 489 g/mol. The lowest BCUT2D eigenvalue weighted by atomic mass is 10.1. The molecule has 36 heavy (non-hydrogen) atoms. The molecule has 7 heteroatoms. The van der Waals surface area contributed by atoms with Crippen LogP contribution < -0.4 is 19.5 Å². The van der Waals surface area contributed by atoms with Crippen molar-refractivity contribution in [1.82, 2.24) is 5.32 Å². The maximum absolute atomic E-state index is 12.6. The first-order valence-electron chi connectivity index (χ1n) is 11.1. The summed E-state index contributed by atoms with van der Waals surface area (Å²) in [5.74, 6) is 0.224. The van der Waals surface area contributed by atoms with Gasteiger partial charge in [-0.05, 0) is 35.4 Å². The molecule has 1 unspecified atom stereocenters. The molecule has 0 aromatic heterocycles. The van der Waals surface area contributed by atoms with Gasteiger partial charge < -0.3 is 24.3 Å². The molecule has 0 spiro atoms. The molecule has 1 amide bonds. The van der Waals surface area contributed by atoms with Crippen molar-refractivity contribution in [2.45, 2.75) is 6.10 Å². The van der Waals surface area contributed by atoms with Gasteiger partial charge in [-0.2, -0.15) is 0 Å². The molecule has 7 nitrogen and oxygen atoms in total. The fraction of sp³-hybridized carbons (Fsp3) is 0.172. The minimum Gasteiger partial charge on any atom is -0.493 e. The third-order valence-corrected chi connectivity index (χ3v) is 4.96. The van der Waals surface area contributed by atoms with Crippen LogP contribution in [0.1, 0.15) is 17.2 Å². The van der Waals surface area contributed by atoms with E-state index in [9.17, 15) is 9.59 Å². The summed E-state index contributed by atoms with van der Waals surface area (Å²) in [5.41, 5.74) is 2.12. The summed E-state index contributed by atoms with van der Waals surface area (Å²) in [6.07, 6.45) is 9.98. The SMILES string of the molecule is C=C/C=C(C=C)/C=C/C(=O)OC(CNC(=O)/C=C/c1ccccc1)c1cc(OC)c(OC)c(OC)c1. The van der Waals surface area contributed by atoms with Crippen molar-refractivity contribution < 1.29 is 28.5 Å². The first kappa shape index (κ1) is 27.7. The number of hydrogen-bond acceptors (Lipinski definition) is 6. The average Bonchev–Trinajstić information content (AvgIpc) is 2.91. The van der Waals surface area contributed by atoms with Gasteiger partial charge in [-0.1, -0.05) is 61.7 Å². The zero-order valence-corrected chi connectivity index (χ0v) is 20.7. The van der Waals surface area contributed by atoms with Gasteiger partial charge in [0.1, 0.15) is 6.10 Å². The molecule has 1 N–H and O–H groups in total. The lowest BCUT2D eigenvalue weighted by molar-refractivity contribution is -0.143. The number of benzene rings is 2. The largest absolute Gasteiger partial charge is 0.493 e. The zero-order valence-electron chi connectivity index (χ0n) is 20.7. The van der Waals surface area contributed by atoms with E-state index in [1.54, 1.807) is 42.5 Å². The second kappa shape index (κ2) is 14.7. The van der Waals surface area contributed by atoms with E-state index in [2.05, 4.69) is 18.5 Å². The summed E-state index contributed by atoms with van der Waals surface area (Å²) in [5, 5.41) is 2.78. The van der Waals surface area contributed by atoms with Crippen LogP contribution in [-0.2, 0) is 14.3 Å². The van der Waals surface area contributed by atoms with Crippen molar-refractivity contribution in [2.24, 2.45) is 0 Å². The molecule has 0 heterocycles. The fourth-order valence-electron chi connectivity index (χ4n) is 3.17. The van der Waals surface area contributed by atoms with Gasteiger partial charge in [-0.15, -0.1) is 0 Å². The molecule has 0 saturated heterocycles. The second-order valence-corrected chi connectivity index (χ2v) is 7.31. The van der Waals surface area contributed by atoms with Crippen LogP contribution in [0.5, 0.6) is 17.2 Å². The first-order valence-corrected chi connectivity index (χ1v) is 11.1. The highest BCUT2D eigenvalue weighted by Crippen LogP contribution is 2.40. The van der Waals surface area contributed by atoms with Crippen LogP contribution in [-0.4, -0.2) is 39.8 Å². The Morgan fingerprint density at radius 2 is 1.61 bits per heavy atom. The van der Waals surface area contributed by atoms with Crippen molar-refractivity contribution >= 4 is 18.0 Å². The molecule has 0 aliphatic rings. The Bertz CT molecular complexity index is 1120. The van der Waals surface area contributed by atoms with Crippen molar-refractivity contribution in [1.29, 1.82) is 0 Å². The van der Waals surface area contributed by atoms with Crippen molar-refractivity contribution in [2.75, 3.05) is 27.9 Å². The third-order valence-electron chi connectivity index (χ3n) is 4.96. The molecule has 0 aliphatic carbocycles. The summed E-state index contributed by atoms with van der Waals surface area (Å²) in [6.45, 7) is 7.33. The van der Waals surface area contributed by atoms with Crippen LogP contribution in [0, 0.1) is 0 Å². The smallest absolute Gasteiger partial charge is 0.331 e. The van der Waals surface area contributed by atoms with Gasteiger partial charge >= 0.3 is 5.97 Å². The van der Waals surface area contributed by atoms with E-state index >= 15 is 0 Å². The van der Waals surface area contributed by atoms with Crippen LogP contribution in [0.25, 0.3) is 6.08 Å². The van der Waals surface area contributed by atoms with Gasteiger partial charge in [0.05, 0.1) is 27.9 Å². The Hall–Kier alpha value is -4.52. The number of rotatable bonds is 13. The predicted molar refractivity (Wildman–Crippen MR) is 141 cm³/mol. The van der Waals surface area contributed by atoms with E-state index in [1.165, 1.54) is 33.5 Å². The Morgan fingerprint density at radius 1 is 0.944 bits per heavy atom. The number of allylic oxidation sites excluding steroid dienone is 5. The number of nitrogens with one attached hydrogen (secondary N) is 1. The first-order chi connectivity index (χ1) is 17.4. The van der Waals surface area contributed by atoms with Crippen LogP contribution in [0.2, 0.25) is 0 Å². The summed E-state index contributed by atoms with van der Waals surface area (Å²) >= 11 is 0. The van der Waals surface area contributed by atoms with E-state index in [0.29, 0.717) is 28.4 Å². The van der Waals surface area contributed by atoms with Crippen LogP contribution in [0.15, 0.2) is 97.7 Å². The van der Waals surface area contributed by atoms with Crippen molar-refractivity contribution in [3.05, 3.63) is 109 Å². The highest BCUT2D eigenvalue weighted by Gasteiger charge is 2.22. The molecule has 1 atom stereocenters. The third kappa shape index (κ3) is 8.36. The quantitative estimate of drug-likeness (QED) is 0.243. The molecule has 0 aliphatic heterocycles. The summed E-state index contributed by atoms with van der Waals surface area (Å²) in [4.78, 5) is 25.1.